The molecule has 1 atom stereocenters. The lowest BCUT2D eigenvalue weighted by Gasteiger charge is -2.26. The summed E-state index contributed by atoms with van der Waals surface area (Å²) in [4.78, 5) is 0. The molecule has 4 rings (SSSR count). The summed E-state index contributed by atoms with van der Waals surface area (Å²) in [6, 6.07) is 17.6. The van der Waals surface area contributed by atoms with Crippen LogP contribution in [-0.2, 0) is 12.8 Å². The maximum atomic E-state index is 14.0. The molecular formula is C25H24FN. The number of hydrogen-bond donors (Lipinski definition) is 0. The van der Waals surface area contributed by atoms with Gasteiger partial charge in [0.2, 0.25) is 0 Å². The molecule has 0 fully saturated rings. The van der Waals surface area contributed by atoms with Crippen LogP contribution in [0.3, 0.4) is 0 Å². The highest BCUT2D eigenvalue weighted by Crippen LogP contribution is 2.35. The zero-order valence-corrected chi connectivity index (χ0v) is 15.8. The summed E-state index contributed by atoms with van der Waals surface area (Å²) < 4.78 is 14.0. The van der Waals surface area contributed by atoms with Crippen molar-refractivity contribution in [1.82, 2.24) is 0 Å². The minimum atomic E-state index is -0.460. The van der Waals surface area contributed by atoms with Crippen LogP contribution in [-0.4, -0.2) is 0 Å². The highest BCUT2D eigenvalue weighted by molar-refractivity contribution is 5.91. The van der Waals surface area contributed by atoms with E-state index in [9.17, 15) is 4.39 Å². The van der Waals surface area contributed by atoms with E-state index in [0.29, 0.717) is 0 Å². The van der Waals surface area contributed by atoms with Crippen molar-refractivity contribution in [1.29, 1.82) is 5.26 Å². The van der Waals surface area contributed by atoms with Gasteiger partial charge in [-0.05, 0) is 76.4 Å². The van der Waals surface area contributed by atoms with Gasteiger partial charge in [0, 0.05) is 0 Å². The van der Waals surface area contributed by atoms with Gasteiger partial charge in [-0.2, -0.15) is 5.26 Å². The van der Waals surface area contributed by atoms with Crippen molar-refractivity contribution in [2.75, 3.05) is 0 Å². The second kappa shape index (κ2) is 7.53. The normalized spacial score (nSPS) is 16.1. The average molecular weight is 357 g/mol. The van der Waals surface area contributed by atoms with Crippen molar-refractivity contribution < 1.29 is 4.39 Å². The summed E-state index contributed by atoms with van der Waals surface area (Å²) in [7, 11) is 0. The molecule has 1 nitrogen and oxygen atoms in total. The van der Waals surface area contributed by atoms with Crippen LogP contribution in [0.25, 0.3) is 21.9 Å². The van der Waals surface area contributed by atoms with Crippen molar-refractivity contribution in [3.63, 3.8) is 0 Å². The van der Waals surface area contributed by atoms with E-state index >= 15 is 0 Å². The molecule has 0 N–H and O–H groups in total. The maximum Gasteiger partial charge on any atom is 0.141 e. The Kier molecular flexibility index (Phi) is 4.94. The lowest BCUT2D eigenvalue weighted by Crippen LogP contribution is -2.14. The van der Waals surface area contributed by atoms with Crippen LogP contribution in [0.4, 0.5) is 4.39 Å². The Balaban J connectivity index is 1.67. The van der Waals surface area contributed by atoms with Gasteiger partial charge in [-0.1, -0.05) is 56.5 Å². The second-order valence-electron chi connectivity index (χ2n) is 7.70. The smallest absolute Gasteiger partial charge is 0.141 e. The number of rotatable bonds is 4. The SMILES string of the molecule is CCCCC1CCc2c(ccc3cc(-c4ccc(C#N)c(F)c4)ccc23)C1. The van der Waals surface area contributed by atoms with E-state index in [1.54, 1.807) is 6.07 Å². The van der Waals surface area contributed by atoms with Crippen LogP contribution in [0.2, 0.25) is 0 Å². The van der Waals surface area contributed by atoms with E-state index in [-0.39, 0.29) is 5.56 Å². The van der Waals surface area contributed by atoms with E-state index < -0.39 is 5.82 Å². The van der Waals surface area contributed by atoms with Crippen molar-refractivity contribution in [2.24, 2.45) is 5.92 Å². The Morgan fingerprint density at radius 1 is 1.07 bits per heavy atom. The third-order valence-corrected chi connectivity index (χ3v) is 5.93. The monoisotopic (exact) mass is 357 g/mol. The van der Waals surface area contributed by atoms with Crippen LogP contribution < -0.4 is 0 Å². The molecule has 136 valence electrons. The molecule has 0 amide bonds. The highest BCUT2D eigenvalue weighted by atomic mass is 19.1. The summed E-state index contributed by atoms with van der Waals surface area (Å²) in [6.07, 6.45) is 7.60. The van der Waals surface area contributed by atoms with E-state index in [1.807, 2.05) is 12.1 Å². The molecule has 1 aliphatic rings. The van der Waals surface area contributed by atoms with Gasteiger partial charge in [0.05, 0.1) is 5.56 Å². The van der Waals surface area contributed by atoms with E-state index in [1.165, 1.54) is 60.1 Å². The second-order valence-corrected chi connectivity index (χ2v) is 7.70. The Bertz CT molecular complexity index is 1030. The zero-order chi connectivity index (χ0) is 18.8. The number of nitrogens with zero attached hydrogens (tertiary/aromatic N) is 1. The molecule has 27 heavy (non-hydrogen) atoms. The first-order chi connectivity index (χ1) is 13.2. The minimum absolute atomic E-state index is 0.0891. The topological polar surface area (TPSA) is 23.8 Å². The molecule has 0 saturated heterocycles. The van der Waals surface area contributed by atoms with Gasteiger partial charge in [0.1, 0.15) is 11.9 Å². The first-order valence-corrected chi connectivity index (χ1v) is 9.94. The summed E-state index contributed by atoms with van der Waals surface area (Å²) in [6.45, 7) is 2.27. The molecular weight excluding hydrogens is 333 g/mol. The van der Waals surface area contributed by atoms with Crippen LogP contribution >= 0.6 is 0 Å². The predicted molar refractivity (Wildman–Crippen MR) is 109 cm³/mol. The Morgan fingerprint density at radius 3 is 2.67 bits per heavy atom. The third kappa shape index (κ3) is 3.47. The van der Waals surface area contributed by atoms with Crippen molar-refractivity contribution >= 4 is 10.8 Å². The van der Waals surface area contributed by atoms with Gasteiger partial charge >= 0.3 is 0 Å². The van der Waals surface area contributed by atoms with Gasteiger partial charge < -0.3 is 0 Å². The molecule has 0 spiro atoms. The lowest BCUT2D eigenvalue weighted by molar-refractivity contribution is 0.414. The van der Waals surface area contributed by atoms with Crippen molar-refractivity contribution in [2.45, 2.75) is 45.4 Å². The van der Waals surface area contributed by atoms with Crippen LogP contribution in [0.1, 0.15) is 49.3 Å². The highest BCUT2D eigenvalue weighted by Gasteiger charge is 2.20. The molecule has 0 aliphatic heterocycles. The number of aryl methyl sites for hydroxylation is 1. The van der Waals surface area contributed by atoms with Gasteiger partial charge in [0.15, 0.2) is 0 Å². The van der Waals surface area contributed by atoms with Crippen molar-refractivity contribution in [3.05, 3.63) is 71.0 Å². The maximum absolute atomic E-state index is 14.0. The minimum Gasteiger partial charge on any atom is -0.206 e. The molecule has 1 aliphatic carbocycles. The quantitative estimate of drug-likeness (QED) is 0.503. The Labute approximate surface area is 160 Å². The van der Waals surface area contributed by atoms with Crippen LogP contribution in [0.15, 0.2) is 48.5 Å². The van der Waals surface area contributed by atoms with E-state index in [4.69, 9.17) is 5.26 Å². The number of hydrogen-bond acceptors (Lipinski definition) is 1. The third-order valence-electron chi connectivity index (χ3n) is 5.93. The Hall–Kier alpha value is -2.66. The van der Waals surface area contributed by atoms with Gasteiger partial charge in [-0.25, -0.2) is 4.39 Å². The first-order valence-electron chi connectivity index (χ1n) is 9.94. The summed E-state index contributed by atoms with van der Waals surface area (Å²) in [5.74, 6) is 0.370. The number of fused-ring (bicyclic) bond motifs is 3. The Morgan fingerprint density at radius 2 is 1.89 bits per heavy atom. The molecule has 3 aromatic rings. The van der Waals surface area contributed by atoms with Crippen LogP contribution in [0, 0.1) is 23.1 Å². The van der Waals surface area contributed by atoms with Gasteiger partial charge in [0.25, 0.3) is 0 Å². The predicted octanol–water partition coefficient (Wildman–Crippen LogP) is 6.81. The molecule has 0 bridgehead atoms. The summed E-state index contributed by atoms with van der Waals surface area (Å²) >= 11 is 0. The summed E-state index contributed by atoms with van der Waals surface area (Å²) in [5, 5.41) is 11.5. The van der Waals surface area contributed by atoms with Crippen molar-refractivity contribution in [3.8, 4) is 17.2 Å². The molecule has 0 saturated carbocycles. The number of halogens is 1. The van der Waals surface area contributed by atoms with Crippen LogP contribution in [0.5, 0.6) is 0 Å². The van der Waals surface area contributed by atoms with E-state index in [0.717, 1.165) is 23.5 Å². The zero-order valence-electron chi connectivity index (χ0n) is 15.8. The molecule has 0 radical (unpaired) electrons. The fourth-order valence-electron chi connectivity index (χ4n) is 4.39. The molecule has 3 aromatic carbocycles. The average Bonchev–Trinajstić information content (AvgIpc) is 2.71. The first kappa shape index (κ1) is 17.7. The van der Waals surface area contributed by atoms with Gasteiger partial charge in [-0.3, -0.25) is 0 Å². The lowest BCUT2D eigenvalue weighted by atomic mass is 9.79. The molecule has 0 aromatic heterocycles. The fourth-order valence-corrected chi connectivity index (χ4v) is 4.39. The largest absolute Gasteiger partial charge is 0.206 e. The molecule has 2 heteroatoms. The number of nitriles is 1. The number of unbranched alkanes of at least 4 members (excludes halogenated alkanes) is 1. The number of benzene rings is 3. The summed E-state index contributed by atoms with van der Waals surface area (Å²) in [5.41, 5.74) is 4.89. The molecule has 1 unspecified atom stereocenters. The molecule has 0 heterocycles. The van der Waals surface area contributed by atoms with Gasteiger partial charge in [-0.15, -0.1) is 0 Å². The van der Waals surface area contributed by atoms with E-state index in [2.05, 4.69) is 37.3 Å². The fraction of sp³-hybridized carbons (Fsp3) is 0.320. The standard InChI is InChI=1S/C25H24FN/c1-2-3-4-17-5-11-23-20(13-17)7-8-21-14-18(10-12-24(21)23)19-6-9-22(16-27)25(26)15-19/h6-10,12,14-15,17H,2-5,11,13H2,1H3.